The van der Waals surface area contributed by atoms with Crippen LogP contribution in [-0.2, 0) is 19.2 Å². The molecule has 1 amide bonds. The summed E-state index contributed by atoms with van der Waals surface area (Å²) < 4.78 is 0. The number of ketones is 2. The Hall–Kier alpha value is -1.95. The smallest absolute Gasteiger partial charge is 0.226 e. The highest BCUT2D eigenvalue weighted by Gasteiger charge is 2.36. The van der Waals surface area contributed by atoms with E-state index in [0.717, 1.165) is 6.42 Å². The Labute approximate surface area is 131 Å². The van der Waals surface area contributed by atoms with Crippen molar-refractivity contribution in [1.29, 1.82) is 0 Å². The summed E-state index contributed by atoms with van der Waals surface area (Å²) in [5.41, 5.74) is 3.33. The summed E-state index contributed by atoms with van der Waals surface area (Å²) in [4.78, 5) is 43.2. The van der Waals surface area contributed by atoms with Crippen LogP contribution in [0.1, 0.15) is 32.6 Å². The number of nitrogens with zero attached hydrogens (tertiary/aromatic N) is 1. The number of hydroxylamine groups is 1. The number of hydrogen-bond donors (Lipinski definition) is 1. The largest absolute Gasteiger partial charge is 0.349 e. The maximum atomic E-state index is 12.3. The highest BCUT2D eigenvalue weighted by molar-refractivity contribution is 6.23. The Morgan fingerprint density at radius 2 is 1.95 bits per heavy atom. The van der Waals surface area contributed by atoms with E-state index in [2.05, 4.69) is 12.1 Å². The highest BCUT2D eigenvalue weighted by Crippen LogP contribution is 2.27. The number of amides is 1. The number of carbonyl (C=O) groups is 3. The van der Waals surface area contributed by atoms with Gasteiger partial charge in [0, 0.05) is 26.9 Å². The SMILES string of the molecule is C=CCONC(CCC)=C1C(=O)CC(C(=O)N(C)C)CC1=O. The van der Waals surface area contributed by atoms with Gasteiger partial charge in [0.25, 0.3) is 0 Å². The number of rotatable bonds is 7. The van der Waals surface area contributed by atoms with Gasteiger partial charge in [-0.3, -0.25) is 24.7 Å². The Bertz CT molecular complexity index is 474. The molecule has 0 aromatic rings. The quantitative estimate of drug-likeness (QED) is 0.253. The highest BCUT2D eigenvalue weighted by atomic mass is 16.6. The molecule has 0 aromatic carbocycles. The second-order valence-corrected chi connectivity index (χ2v) is 5.49. The first kappa shape index (κ1) is 18.1. The van der Waals surface area contributed by atoms with Gasteiger partial charge in [-0.05, 0) is 6.42 Å². The molecule has 122 valence electrons. The molecular weight excluding hydrogens is 284 g/mol. The number of nitrogens with one attached hydrogen (secondary N) is 1. The maximum absolute atomic E-state index is 12.3. The van der Waals surface area contributed by atoms with Crippen LogP contribution < -0.4 is 5.48 Å². The summed E-state index contributed by atoms with van der Waals surface area (Å²) in [5.74, 6) is -1.34. The third kappa shape index (κ3) is 4.53. The van der Waals surface area contributed by atoms with Crippen molar-refractivity contribution < 1.29 is 19.2 Å². The van der Waals surface area contributed by atoms with E-state index in [1.165, 1.54) is 4.90 Å². The lowest BCUT2D eigenvalue weighted by Gasteiger charge is -2.25. The number of hydrogen-bond acceptors (Lipinski definition) is 5. The predicted octanol–water partition coefficient (Wildman–Crippen LogP) is 1.38. The van der Waals surface area contributed by atoms with Crippen LogP contribution in [0.25, 0.3) is 0 Å². The van der Waals surface area contributed by atoms with Crippen molar-refractivity contribution in [2.45, 2.75) is 32.6 Å². The van der Waals surface area contributed by atoms with Gasteiger partial charge in [-0.1, -0.05) is 19.4 Å². The minimum atomic E-state index is -0.560. The molecule has 0 aliphatic heterocycles. The van der Waals surface area contributed by atoms with E-state index in [9.17, 15) is 14.4 Å². The van der Waals surface area contributed by atoms with Crippen molar-refractivity contribution in [2.75, 3.05) is 20.7 Å². The van der Waals surface area contributed by atoms with Crippen molar-refractivity contribution in [2.24, 2.45) is 5.92 Å². The molecule has 1 fully saturated rings. The van der Waals surface area contributed by atoms with Crippen LogP contribution in [0.15, 0.2) is 23.9 Å². The van der Waals surface area contributed by atoms with E-state index in [4.69, 9.17) is 4.84 Å². The molecule has 1 rings (SSSR count). The molecule has 0 unspecified atom stereocenters. The summed E-state index contributed by atoms with van der Waals surface area (Å²) in [7, 11) is 3.24. The van der Waals surface area contributed by atoms with E-state index in [0.29, 0.717) is 12.1 Å². The molecule has 22 heavy (non-hydrogen) atoms. The normalized spacial score (nSPS) is 18.1. The zero-order valence-electron chi connectivity index (χ0n) is 13.5. The van der Waals surface area contributed by atoms with Gasteiger partial charge in [0.1, 0.15) is 0 Å². The first-order valence-corrected chi connectivity index (χ1v) is 7.41. The lowest BCUT2D eigenvalue weighted by Crippen LogP contribution is -2.38. The van der Waals surface area contributed by atoms with Crippen molar-refractivity contribution in [3.63, 3.8) is 0 Å². The van der Waals surface area contributed by atoms with Crippen LogP contribution in [0.2, 0.25) is 0 Å². The molecule has 6 heteroatoms. The Kier molecular flexibility index (Phi) is 6.98. The summed E-state index contributed by atoms with van der Waals surface area (Å²) in [6.45, 7) is 5.75. The molecule has 0 bridgehead atoms. The first-order valence-electron chi connectivity index (χ1n) is 7.41. The van der Waals surface area contributed by atoms with E-state index in [-0.39, 0.29) is 42.5 Å². The monoisotopic (exact) mass is 308 g/mol. The summed E-state index contributed by atoms with van der Waals surface area (Å²) in [6.07, 6.45) is 3.00. The number of carbonyl (C=O) groups excluding carboxylic acids is 3. The molecule has 0 atom stereocenters. The van der Waals surface area contributed by atoms with E-state index >= 15 is 0 Å². The van der Waals surface area contributed by atoms with Crippen molar-refractivity contribution in [1.82, 2.24) is 10.4 Å². The standard InChI is InChI=1S/C16H24N2O4/c1-5-7-12(17-22-8-6-2)15-13(19)9-11(10-14(15)20)16(21)18(3)4/h6,11,17H,2,5,7-10H2,1,3-4H3. The van der Waals surface area contributed by atoms with Crippen molar-refractivity contribution >= 4 is 17.5 Å². The predicted molar refractivity (Wildman–Crippen MR) is 82.7 cm³/mol. The van der Waals surface area contributed by atoms with Gasteiger partial charge in [-0.25, -0.2) is 0 Å². The van der Waals surface area contributed by atoms with Crippen LogP contribution in [0.4, 0.5) is 0 Å². The number of allylic oxidation sites excluding steroid dienone is 2. The first-order chi connectivity index (χ1) is 10.4. The molecule has 1 aliphatic carbocycles. The van der Waals surface area contributed by atoms with Gasteiger partial charge in [-0.2, -0.15) is 0 Å². The third-order valence-electron chi connectivity index (χ3n) is 3.41. The Morgan fingerprint density at radius 1 is 1.36 bits per heavy atom. The fraction of sp³-hybridized carbons (Fsp3) is 0.562. The van der Waals surface area contributed by atoms with Crippen LogP contribution in [-0.4, -0.2) is 43.1 Å². The molecule has 0 radical (unpaired) electrons. The Balaban J connectivity index is 2.95. The summed E-state index contributed by atoms with van der Waals surface area (Å²) in [5, 5.41) is 0. The minimum Gasteiger partial charge on any atom is -0.349 e. The Morgan fingerprint density at radius 3 is 2.41 bits per heavy atom. The van der Waals surface area contributed by atoms with E-state index in [1.807, 2.05) is 6.92 Å². The lowest BCUT2D eigenvalue weighted by molar-refractivity contribution is -0.139. The van der Waals surface area contributed by atoms with Crippen molar-refractivity contribution in [3.05, 3.63) is 23.9 Å². The molecule has 0 aromatic heterocycles. The topological polar surface area (TPSA) is 75.7 Å². The molecule has 6 nitrogen and oxygen atoms in total. The van der Waals surface area contributed by atoms with Crippen LogP contribution in [0.3, 0.4) is 0 Å². The second kappa shape index (κ2) is 8.48. The van der Waals surface area contributed by atoms with Gasteiger partial charge < -0.3 is 4.90 Å². The summed E-state index contributed by atoms with van der Waals surface area (Å²) >= 11 is 0. The molecule has 0 heterocycles. The van der Waals surface area contributed by atoms with Crippen molar-refractivity contribution in [3.8, 4) is 0 Å². The van der Waals surface area contributed by atoms with Gasteiger partial charge >= 0.3 is 0 Å². The van der Waals surface area contributed by atoms with Crippen LogP contribution in [0.5, 0.6) is 0 Å². The molecule has 1 saturated carbocycles. The number of Topliss-reactive ketones (excluding diaryl/α,β-unsaturated/α-hetero) is 2. The average Bonchev–Trinajstić information content (AvgIpc) is 2.45. The van der Waals surface area contributed by atoms with Gasteiger partial charge in [0.15, 0.2) is 11.6 Å². The van der Waals surface area contributed by atoms with Gasteiger partial charge in [-0.15, -0.1) is 6.58 Å². The maximum Gasteiger partial charge on any atom is 0.226 e. The van der Waals surface area contributed by atoms with Crippen LogP contribution in [0, 0.1) is 5.92 Å². The third-order valence-corrected chi connectivity index (χ3v) is 3.41. The fourth-order valence-corrected chi connectivity index (χ4v) is 2.42. The second-order valence-electron chi connectivity index (χ2n) is 5.49. The zero-order valence-corrected chi connectivity index (χ0v) is 13.5. The van der Waals surface area contributed by atoms with Gasteiger partial charge in [0.05, 0.1) is 23.8 Å². The molecular formula is C16H24N2O4. The molecule has 1 aliphatic rings. The fourth-order valence-electron chi connectivity index (χ4n) is 2.42. The molecule has 1 N–H and O–H groups in total. The van der Waals surface area contributed by atoms with E-state index < -0.39 is 5.92 Å². The molecule has 0 saturated heterocycles. The van der Waals surface area contributed by atoms with Crippen LogP contribution >= 0.6 is 0 Å². The van der Waals surface area contributed by atoms with Gasteiger partial charge in [0.2, 0.25) is 5.91 Å². The van der Waals surface area contributed by atoms with E-state index in [1.54, 1.807) is 20.2 Å². The minimum absolute atomic E-state index is 0.0639. The average molecular weight is 308 g/mol. The lowest BCUT2D eigenvalue weighted by atomic mass is 9.82. The molecule has 0 spiro atoms. The zero-order chi connectivity index (χ0) is 16.7. The summed E-state index contributed by atoms with van der Waals surface area (Å²) in [6, 6.07) is 0.